The topological polar surface area (TPSA) is 59.0 Å². The number of carbonyl (C=O) groups excluding carboxylic acids is 1. The van der Waals surface area contributed by atoms with Crippen molar-refractivity contribution in [3.8, 4) is 0 Å². The number of nitrogens with one attached hydrogen (secondary N) is 2. The van der Waals surface area contributed by atoms with Crippen molar-refractivity contribution in [2.24, 2.45) is 7.05 Å². The zero-order valence-corrected chi connectivity index (χ0v) is 13.1. The number of amides is 2. The lowest BCUT2D eigenvalue weighted by Crippen LogP contribution is -2.43. The zero-order chi connectivity index (χ0) is 15.4. The fourth-order valence-electron chi connectivity index (χ4n) is 3.19. The van der Waals surface area contributed by atoms with Crippen LogP contribution in [0.2, 0.25) is 0 Å². The van der Waals surface area contributed by atoms with Crippen LogP contribution < -0.4 is 10.6 Å². The maximum Gasteiger partial charge on any atom is 0.315 e. The fourth-order valence-corrected chi connectivity index (χ4v) is 3.19. The van der Waals surface area contributed by atoms with Crippen molar-refractivity contribution in [1.82, 2.24) is 20.2 Å². The van der Waals surface area contributed by atoms with Gasteiger partial charge in [0.15, 0.2) is 0 Å². The van der Waals surface area contributed by atoms with E-state index < -0.39 is 0 Å². The lowest BCUT2D eigenvalue weighted by atomic mass is 9.96. The van der Waals surface area contributed by atoms with Gasteiger partial charge in [-0.25, -0.2) is 9.78 Å². The van der Waals surface area contributed by atoms with Gasteiger partial charge < -0.3 is 15.2 Å². The molecule has 2 N–H and O–H groups in total. The van der Waals surface area contributed by atoms with E-state index in [9.17, 15) is 4.79 Å². The predicted octanol–water partition coefficient (Wildman–Crippen LogP) is 2.75. The zero-order valence-electron chi connectivity index (χ0n) is 13.1. The van der Waals surface area contributed by atoms with E-state index in [2.05, 4.69) is 26.3 Å². The molecule has 118 valence electrons. The summed E-state index contributed by atoms with van der Waals surface area (Å²) in [5, 5.41) is 6.02. The van der Waals surface area contributed by atoms with Gasteiger partial charge in [0.05, 0.1) is 11.0 Å². The van der Waals surface area contributed by atoms with Gasteiger partial charge in [0.1, 0.15) is 5.82 Å². The number of aromatic nitrogens is 2. The molecule has 0 spiro atoms. The van der Waals surface area contributed by atoms with Gasteiger partial charge in [-0.2, -0.15) is 0 Å². The second-order valence-electron chi connectivity index (χ2n) is 6.06. The van der Waals surface area contributed by atoms with E-state index in [4.69, 9.17) is 0 Å². The molecule has 2 aromatic rings. The molecular formula is C17H24N4O. The highest BCUT2D eigenvalue weighted by Crippen LogP contribution is 2.17. The molecule has 0 atom stereocenters. The van der Waals surface area contributed by atoms with E-state index in [0.29, 0.717) is 12.6 Å². The Labute approximate surface area is 131 Å². The summed E-state index contributed by atoms with van der Waals surface area (Å²) in [6.07, 6.45) is 6.71. The summed E-state index contributed by atoms with van der Waals surface area (Å²) >= 11 is 0. The van der Waals surface area contributed by atoms with Crippen molar-refractivity contribution >= 4 is 17.1 Å². The summed E-state index contributed by atoms with van der Waals surface area (Å²) < 4.78 is 2.09. The highest BCUT2D eigenvalue weighted by atomic mass is 16.2. The van der Waals surface area contributed by atoms with Crippen LogP contribution in [0.4, 0.5) is 4.79 Å². The van der Waals surface area contributed by atoms with Crippen LogP contribution in [0.3, 0.4) is 0 Å². The van der Waals surface area contributed by atoms with Crippen LogP contribution in [-0.2, 0) is 13.5 Å². The number of aryl methyl sites for hydroxylation is 1. The molecule has 1 aromatic heterocycles. The molecule has 1 heterocycles. The van der Waals surface area contributed by atoms with Gasteiger partial charge in [-0.3, -0.25) is 0 Å². The minimum absolute atomic E-state index is 0.0503. The summed E-state index contributed by atoms with van der Waals surface area (Å²) in [5.74, 6) is 0.999. The molecule has 1 aromatic carbocycles. The minimum atomic E-state index is -0.0503. The third-order valence-corrected chi connectivity index (χ3v) is 4.45. The van der Waals surface area contributed by atoms with Gasteiger partial charge in [-0.1, -0.05) is 31.4 Å². The van der Waals surface area contributed by atoms with Crippen molar-refractivity contribution in [1.29, 1.82) is 0 Å². The van der Waals surface area contributed by atoms with Crippen molar-refractivity contribution < 1.29 is 4.79 Å². The Morgan fingerprint density at radius 2 is 2.05 bits per heavy atom. The molecule has 5 heteroatoms. The maximum atomic E-state index is 11.9. The van der Waals surface area contributed by atoms with Gasteiger partial charge in [-0.15, -0.1) is 0 Å². The molecule has 1 fully saturated rings. The molecule has 1 saturated carbocycles. The van der Waals surface area contributed by atoms with Crippen LogP contribution in [0.15, 0.2) is 24.3 Å². The predicted molar refractivity (Wildman–Crippen MR) is 87.8 cm³/mol. The first-order valence-electron chi connectivity index (χ1n) is 8.19. The van der Waals surface area contributed by atoms with E-state index in [1.54, 1.807) is 0 Å². The van der Waals surface area contributed by atoms with Gasteiger partial charge in [0.25, 0.3) is 0 Å². The van der Waals surface area contributed by atoms with Gasteiger partial charge >= 0.3 is 6.03 Å². The van der Waals surface area contributed by atoms with Crippen LogP contribution in [0.25, 0.3) is 11.0 Å². The second-order valence-corrected chi connectivity index (χ2v) is 6.06. The molecule has 0 unspecified atom stereocenters. The summed E-state index contributed by atoms with van der Waals surface area (Å²) in [5.41, 5.74) is 2.14. The van der Waals surface area contributed by atoms with E-state index in [0.717, 1.165) is 36.1 Å². The Morgan fingerprint density at radius 1 is 1.27 bits per heavy atom. The lowest BCUT2D eigenvalue weighted by Gasteiger charge is -2.22. The van der Waals surface area contributed by atoms with E-state index in [1.807, 2.05) is 25.2 Å². The third-order valence-electron chi connectivity index (χ3n) is 4.45. The molecule has 2 amide bonds. The third kappa shape index (κ3) is 3.40. The number of nitrogens with zero attached hydrogens (tertiary/aromatic N) is 2. The Balaban J connectivity index is 1.49. The Hall–Kier alpha value is -2.04. The van der Waals surface area contributed by atoms with Crippen LogP contribution in [-0.4, -0.2) is 28.2 Å². The van der Waals surface area contributed by atoms with Crippen molar-refractivity contribution in [3.05, 3.63) is 30.1 Å². The standard InChI is InChI=1S/C17H24N4O/c1-21-15-10-6-5-9-14(15)20-16(21)11-12-18-17(22)19-13-7-3-2-4-8-13/h5-6,9-10,13H,2-4,7-8,11-12H2,1H3,(H2,18,19,22). The molecule has 22 heavy (non-hydrogen) atoms. The summed E-state index contributed by atoms with van der Waals surface area (Å²) in [6.45, 7) is 0.607. The highest BCUT2D eigenvalue weighted by molar-refractivity contribution is 5.76. The van der Waals surface area contributed by atoms with E-state index in [-0.39, 0.29) is 6.03 Å². The normalized spacial score (nSPS) is 15.9. The molecular weight excluding hydrogens is 276 g/mol. The average Bonchev–Trinajstić information content (AvgIpc) is 2.85. The smallest absolute Gasteiger partial charge is 0.315 e. The first-order valence-corrected chi connectivity index (χ1v) is 8.19. The van der Waals surface area contributed by atoms with Crippen molar-refractivity contribution in [3.63, 3.8) is 0 Å². The molecule has 0 radical (unpaired) electrons. The molecule has 1 aliphatic rings. The Bertz CT molecular complexity index is 643. The SMILES string of the molecule is Cn1c(CCNC(=O)NC2CCCCC2)nc2ccccc21. The first kappa shape index (κ1) is 14.9. The molecule has 3 rings (SSSR count). The lowest BCUT2D eigenvalue weighted by molar-refractivity contribution is 0.232. The number of para-hydroxylation sites is 2. The second kappa shape index (κ2) is 6.81. The van der Waals surface area contributed by atoms with Gasteiger partial charge in [-0.05, 0) is 25.0 Å². The number of rotatable bonds is 4. The Morgan fingerprint density at radius 3 is 2.82 bits per heavy atom. The largest absolute Gasteiger partial charge is 0.338 e. The number of benzene rings is 1. The molecule has 0 saturated heterocycles. The first-order chi connectivity index (χ1) is 10.7. The van der Waals surface area contributed by atoms with Gasteiger partial charge in [0, 0.05) is 26.1 Å². The molecule has 1 aliphatic carbocycles. The molecule has 0 bridgehead atoms. The Kier molecular flexibility index (Phi) is 4.61. The van der Waals surface area contributed by atoms with E-state index in [1.165, 1.54) is 19.3 Å². The fraction of sp³-hybridized carbons (Fsp3) is 0.529. The number of hydrogen-bond donors (Lipinski definition) is 2. The number of carbonyl (C=O) groups is 1. The number of urea groups is 1. The van der Waals surface area contributed by atoms with Crippen molar-refractivity contribution in [2.75, 3.05) is 6.54 Å². The molecule has 0 aliphatic heterocycles. The van der Waals surface area contributed by atoms with Crippen LogP contribution in [0.5, 0.6) is 0 Å². The van der Waals surface area contributed by atoms with Crippen LogP contribution >= 0.6 is 0 Å². The number of imidazole rings is 1. The summed E-state index contributed by atoms with van der Waals surface area (Å²) in [7, 11) is 2.02. The van der Waals surface area contributed by atoms with E-state index >= 15 is 0 Å². The number of fused-ring (bicyclic) bond motifs is 1. The molecule has 5 nitrogen and oxygen atoms in total. The monoisotopic (exact) mass is 300 g/mol. The summed E-state index contributed by atoms with van der Waals surface area (Å²) in [4.78, 5) is 16.5. The number of hydrogen-bond acceptors (Lipinski definition) is 2. The van der Waals surface area contributed by atoms with Crippen molar-refractivity contribution in [2.45, 2.75) is 44.6 Å². The maximum absolute atomic E-state index is 11.9. The summed E-state index contributed by atoms with van der Waals surface area (Å²) in [6, 6.07) is 8.39. The quantitative estimate of drug-likeness (QED) is 0.912. The van der Waals surface area contributed by atoms with Crippen LogP contribution in [0, 0.1) is 0 Å². The van der Waals surface area contributed by atoms with Gasteiger partial charge in [0.2, 0.25) is 0 Å². The minimum Gasteiger partial charge on any atom is -0.338 e. The van der Waals surface area contributed by atoms with Crippen LogP contribution in [0.1, 0.15) is 37.9 Å². The average molecular weight is 300 g/mol. The highest BCUT2D eigenvalue weighted by Gasteiger charge is 2.15.